The lowest BCUT2D eigenvalue weighted by Crippen LogP contribution is -2.19. The Labute approximate surface area is 100 Å². The van der Waals surface area contributed by atoms with Crippen LogP contribution in [-0.4, -0.2) is 31.1 Å². The van der Waals surface area contributed by atoms with Crippen molar-refractivity contribution in [2.45, 2.75) is 18.6 Å². The van der Waals surface area contributed by atoms with Crippen molar-refractivity contribution < 1.29 is 22.5 Å². The molecule has 1 aromatic rings. The number of hydrogen-bond acceptors (Lipinski definition) is 4. The van der Waals surface area contributed by atoms with Crippen LogP contribution in [0.4, 0.5) is 0 Å². The van der Waals surface area contributed by atoms with E-state index in [-0.39, 0.29) is 13.0 Å². The SMILES string of the molecule is CC(CCOc1cccc(C=O)c1)S(=O)(=O)O. The summed E-state index contributed by atoms with van der Waals surface area (Å²) in [5.74, 6) is 0.497. The van der Waals surface area contributed by atoms with Crippen molar-refractivity contribution in [3.05, 3.63) is 29.8 Å². The van der Waals surface area contributed by atoms with Crippen molar-refractivity contribution in [2.75, 3.05) is 6.61 Å². The van der Waals surface area contributed by atoms with Crippen molar-refractivity contribution in [1.29, 1.82) is 0 Å². The molecule has 0 radical (unpaired) electrons. The highest BCUT2D eigenvalue weighted by molar-refractivity contribution is 7.86. The molecule has 0 heterocycles. The first kappa shape index (κ1) is 13.7. The maximum absolute atomic E-state index is 10.7. The molecule has 1 atom stereocenters. The Hall–Kier alpha value is -1.40. The molecule has 0 bridgehead atoms. The van der Waals surface area contributed by atoms with E-state index in [1.54, 1.807) is 24.3 Å². The van der Waals surface area contributed by atoms with Gasteiger partial charge < -0.3 is 4.74 Å². The number of ether oxygens (including phenoxy) is 1. The second-order valence-corrected chi connectivity index (χ2v) is 5.49. The molecule has 5 nitrogen and oxygen atoms in total. The average molecular weight is 258 g/mol. The van der Waals surface area contributed by atoms with Crippen molar-refractivity contribution in [2.24, 2.45) is 0 Å². The molecule has 94 valence electrons. The fraction of sp³-hybridized carbons (Fsp3) is 0.364. The van der Waals surface area contributed by atoms with Gasteiger partial charge in [0.1, 0.15) is 12.0 Å². The first-order valence-corrected chi connectivity index (χ1v) is 6.58. The standard InChI is InChI=1S/C11H14O5S/c1-9(17(13,14)15)5-6-16-11-4-2-3-10(7-11)8-12/h2-4,7-9H,5-6H2,1H3,(H,13,14,15). The minimum Gasteiger partial charge on any atom is -0.494 e. The van der Waals surface area contributed by atoms with E-state index < -0.39 is 15.4 Å². The Bertz CT molecular complexity index is 480. The fourth-order valence-corrected chi connectivity index (χ4v) is 1.56. The predicted molar refractivity (Wildman–Crippen MR) is 63.0 cm³/mol. The van der Waals surface area contributed by atoms with Gasteiger partial charge in [-0.15, -0.1) is 0 Å². The van der Waals surface area contributed by atoms with Gasteiger partial charge in [-0.3, -0.25) is 9.35 Å². The van der Waals surface area contributed by atoms with Crippen LogP contribution in [-0.2, 0) is 10.1 Å². The summed E-state index contributed by atoms with van der Waals surface area (Å²) in [6, 6.07) is 6.54. The lowest BCUT2D eigenvalue weighted by molar-refractivity contribution is 0.112. The van der Waals surface area contributed by atoms with Gasteiger partial charge in [-0.25, -0.2) is 0 Å². The largest absolute Gasteiger partial charge is 0.494 e. The Morgan fingerprint density at radius 3 is 2.76 bits per heavy atom. The molecular weight excluding hydrogens is 244 g/mol. The van der Waals surface area contributed by atoms with Crippen LogP contribution in [0, 0.1) is 0 Å². The van der Waals surface area contributed by atoms with E-state index in [4.69, 9.17) is 9.29 Å². The Morgan fingerprint density at radius 1 is 1.47 bits per heavy atom. The number of hydrogen-bond donors (Lipinski definition) is 1. The lowest BCUT2D eigenvalue weighted by atomic mass is 10.2. The van der Waals surface area contributed by atoms with Gasteiger partial charge in [0.2, 0.25) is 0 Å². The topological polar surface area (TPSA) is 80.7 Å². The van der Waals surface area contributed by atoms with Crippen LogP contribution in [0.25, 0.3) is 0 Å². The van der Waals surface area contributed by atoms with Gasteiger partial charge >= 0.3 is 0 Å². The summed E-state index contributed by atoms with van der Waals surface area (Å²) in [6.07, 6.45) is 0.887. The molecule has 0 saturated heterocycles. The molecule has 6 heteroatoms. The average Bonchev–Trinajstić information content (AvgIpc) is 2.28. The zero-order valence-electron chi connectivity index (χ0n) is 9.37. The highest BCUT2D eigenvalue weighted by Crippen LogP contribution is 2.13. The van der Waals surface area contributed by atoms with Crippen molar-refractivity contribution >= 4 is 16.4 Å². The lowest BCUT2D eigenvalue weighted by Gasteiger charge is -2.09. The highest BCUT2D eigenvalue weighted by atomic mass is 32.2. The summed E-state index contributed by atoms with van der Waals surface area (Å²) in [7, 11) is -4.01. The number of rotatable bonds is 6. The summed E-state index contributed by atoms with van der Waals surface area (Å²) < 4.78 is 35.5. The Kier molecular flexibility index (Phi) is 4.65. The number of carbonyl (C=O) groups excluding carboxylic acids is 1. The highest BCUT2D eigenvalue weighted by Gasteiger charge is 2.16. The van der Waals surface area contributed by atoms with E-state index in [1.165, 1.54) is 6.92 Å². The molecule has 1 aromatic carbocycles. The summed E-state index contributed by atoms with van der Waals surface area (Å²) in [4.78, 5) is 10.5. The van der Waals surface area contributed by atoms with Crippen molar-refractivity contribution in [1.82, 2.24) is 0 Å². The second kappa shape index (κ2) is 5.79. The van der Waals surface area contributed by atoms with E-state index in [0.29, 0.717) is 17.6 Å². The summed E-state index contributed by atoms with van der Waals surface area (Å²) >= 11 is 0. The molecular formula is C11H14O5S. The zero-order valence-corrected chi connectivity index (χ0v) is 10.2. The van der Waals surface area contributed by atoms with Crippen LogP contribution in [0.3, 0.4) is 0 Å². The molecule has 1 N–H and O–H groups in total. The van der Waals surface area contributed by atoms with E-state index in [0.717, 1.165) is 0 Å². The summed E-state index contributed by atoms with van der Waals surface area (Å²) in [6.45, 7) is 1.56. The van der Waals surface area contributed by atoms with Crippen LogP contribution in [0.1, 0.15) is 23.7 Å². The maximum atomic E-state index is 10.7. The molecule has 1 rings (SSSR count). The van der Waals surface area contributed by atoms with Gasteiger partial charge in [-0.2, -0.15) is 8.42 Å². The Balaban J connectivity index is 2.48. The van der Waals surface area contributed by atoms with Gasteiger partial charge in [0.05, 0.1) is 11.9 Å². The molecule has 0 aromatic heterocycles. The van der Waals surface area contributed by atoms with Crippen LogP contribution < -0.4 is 4.74 Å². The van der Waals surface area contributed by atoms with Gasteiger partial charge in [-0.05, 0) is 19.1 Å². The van der Waals surface area contributed by atoms with Crippen LogP contribution in [0.2, 0.25) is 0 Å². The predicted octanol–water partition coefficient (Wildman–Crippen LogP) is 1.54. The molecule has 0 aliphatic heterocycles. The molecule has 0 amide bonds. The quantitative estimate of drug-likeness (QED) is 0.618. The fourth-order valence-electron chi connectivity index (χ4n) is 1.17. The molecule has 1 unspecified atom stereocenters. The van der Waals surface area contributed by atoms with E-state index in [2.05, 4.69) is 0 Å². The molecule has 0 spiro atoms. The molecule has 0 saturated carbocycles. The zero-order chi connectivity index (χ0) is 12.9. The first-order valence-electron chi connectivity index (χ1n) is 5.08. The van der Waals surface area contributed by atoms with Crippen molar-refractivity contribution in [3.8, 4) is 5.75 Å². The van der Waals surface area contributed by atoms with Crippen molar-refractivity contribution in [3.63, 3.8) is 0 Å². The van der Waals surface area contributed by atoms with Gasteiger partial charge in [0, 0.05) is 12.0 Å². The number of carbonyl (C=O) groups is 1. The third-order valence-electron chi connectivity index (χ3n) is 2.30. The normalized spacial score (nSPS) is 13.1. The minimum absolute atomic E-state index is 0.156. The van der Waals surface area contributed by atoms with Crippen LogP contribution in [0.5, 0.6) is 5.75 Å². The second-order valence-electron chi connectivity index (χ2n) is 3.65. The van der Waals surface area contributed by atoms with E-state index in [1.807, 2.05) is 0 Å². The number of benzene rings is 1. The van der Waals surface area contributed by atoms with Gasteiger partial charge in [0.15, 0.2) is 0 Å². The molecule has 17 heavy (non-hydrogen) atoms. The monoisotopic (exact) mass is 258 g/mol. The number of aldehydes is 1. The smallest absolute Gasteiger partial charge is 0.267 e. The third kappa shape index (κ3) is 4.54. The molecule has 0 aliphatic carbocycles. The van der Waals surface area contributed by atoms with Gasteiger partial charge in [0.25, 0.3) is 10.1 Å². The van der Waals surface area contributed by atoms with E-state index >= 15 is 0 Å². The first-order chi connectivity index (χ1) is 7.93. The molecule has 0 aliphatic rings. The van der Waals surface area contributed by atoms with E-state index in [9.17, 15) is 13.2 Å². The Morgan fingerprint density at radius 2 is 2.18 bits per heavy atom. The summed E-state index contributed by atoms with van der Waals surface area (Å²) in [5, 5.41) is -0.864. The molecule has 0 fully saturated rings. The third-order valence-corrected chi connectivity index (χ3v) is 3.55. The van der Waals surface area contributed by atoms with Crippen LogP contribution in [0.15, 0.2) is 24.3 Å². The van der Waals surface area contributed by atoms with Gasteiger partial charge in [-0.1, -0.05) is 12.1 Å². The minimum atomic E-state index is -4.01. The van der Waals surface area contributed by atoms with Crippen LogP contribution >= 0.6 is 0 Å². The summed E-state index contributed by atoms with van der Waals surface area (Å²) in [5.41, 5.74) is 0.491. The maximum Gasteiger partial charge on any atom is 0.267 e.